The van der Waals surface area contributed by atoms with E-state index in [1.807, 2.05) is 0 Å². The van der Waals surface area contributed by atoms with Gasteiger partial charge in [-0.2, -0.15) is 4.31 Å². The van der Waals surface area contributed by atoms with Crippen molar-refractivity contribution >= 4 is 16.0 Å². The molecule has 1 unspecified atom stereocenters. The van der Waals surface area contributed by atoms with Crippen LogP contribution in [0.1, 0.15) is 28.9 Å². The van der Waals surface area contributed by atoms with Crippen LogP contribution >= 0.6 is 0 Å². The number of benzene rings is 2. The van der Waals surface area contributed by atoms with Crippen molar-refractivity contribution in [3.63, 3.8) is 0 Å². The average molecular weight is 373 g/mol. The van der Waals surface area contributed by atoms with Crippen molar-refractivity contribution in [2.75, 3.05) is 7.05 Å². The third-order valence-corrected chi connectivity index (χ3v) is 5.77. The molecule has 0 spiro atoms. The molecule has 134 valence electrons. The van der Waals surface area contributed by atoms with E-state index in [2.05, 4.69) is 0 Å². The normalized spacial score (nSPS) is 13.0. The van der Waals surface area contributed by atoms with Gasteiger partial charge in [0.2, 0.25) is 10.0 Å². The molecular weight excluding hydrogens is 359 g/mol. The first-order valence-electron chi connectivity index (χ1n) is 7.01. The smallest absolute Gasteiger partial charge is 0.335 e. The summed E-state index contributed by atoms with van der Waals surface area (Å²) in [7, 11) is -3.17. The summed E-state index contributed by atoms with van der Waals surface area (Å²) >= 11 is 0. The largest absolute Gasteiger partial charge is 0.478 e. The van der Waals surface area contributed by atoms with E-state index in [-0.39, 0.29) is 5.56 Å². The van der Waals surface area contributed by atoms with E-state index in [9.17, 15) is 26.4 Å². The highest BCUT2D eigenvalue weighted by Gasteiger charge is 2.29. The Morgan fingerprint density at radius 2 is 1.68 bits per heavy atom. The highest BCUT2D eigenvalue weighted by Crippen LogP contribution is 2.28. The number of sulfonamides is 1. The standard InChI is InChI=1S/C16H14F3NO4S/c1-9(10-3-5-12(17)13(18)7-10)20(2)25(23,24)15-6-4-11(16(21)22)8-14(15)19/h3-9H,1-2H3,(H,21,22). The Balaban J connectivity index is 2.41. The summed E-state index contributed by atoms with van der Waals surface area (Å²) < 4.78 is 66.4. The van der Waals surface area contributed by atoms with Gasteiger partial charge in [-0.3, -0.25) is 0 Å². The van der Waals surface area contributed by atoms with Crippen LogP contribution in [0.3, 0.4) is 0 Å². The monoisotopic (exact) mass is 373 g/mol. The minimum absolute atomic E-state index is 0.174. The summed E-state index contributed by atoms with van der Waals surface area (Å²) in [6, 6.07) is 4.44. The Hall–Kier alpha value is -2.39. The van der Waals surface area contributed by atoms with Gasteiger partial charge in [0.05, 0.1) is 5.56 Å². The molecule has 0 fully saturated rings. The summed E-state index contributed by atoms with van der Waals surface area (Å²) in [5, 5.41) is 8.80. The molecular formula is C16H14F3NO4S. The molecule has 25 heavy (non-hydrogen) atoms. The maximum Gasteiger partial charge on any atom is 0.335 e. The summed E-state index contributed by atoms with van der Waals surface area (Å²) in [5.41, 5.74) is -0.222. The number of carboxylic acids is 1. The molecule has 0 saturated carbocycles. The molecule has 0 aliphatic carbocycles. The number of aromatic carboxylic acids is 1. The second-order valence-corrected chi connectivity index (χ2v) is 7.29. The Kier molecular flexibility index (Phi) is 5.19. The zero-order chi connectivity index (χ0) is 18.9. The van der Waals surface area contributed by atoms with Gasteiger partial charge in [0.1, 0.15) is 10.7 Å². The number of hydrogen-bond acceptors (Lipinski definition) is 3. The number of nitrogens with zero attached hydrogens (tertiary/aromatic N) is 1. The van der Waals surface area contributed by atoms with Gasteiger partial charge < -0.3 is 5.11 Å². The van der Waals surface area contributed by atoms with Crippen molar-refractivity contribution in [2.45, 2.75) is 17.9 Å². The number of carboxylic acid groups (broad SMARTS) is 1. The van der Waals surface area contributed by atoms with E-state index >= 15 is 0 Å². The van der Waals surface area contributed by atoms with Crippen molar-refractivity contribution in [1.29, 1.82) is 0 Å². The van der Waals surface area contributed by atoms with E-state index < -0.39 is 49.9 Å². The lowest BCUT2D eigenvalue weighted by Crippen LogP contribution is -2.30. The van der Waals surface area contributed by atoms with E-state index in [1.165, 1.54) is 13.0 Å². The lowest BCUT2D eigenvalue weighted by molar-refractivity contribution is 0.0696. The molecule has 0 heterocycles. The molecule has 5 nitrogen and oxygen atoms in total. The minimum atomic E-state index is -4.33. The fourth-order valence-electron chi connectivity index (χ4n) is 2.19. The molecule has 0 saturated heterocycles. The van der Waals surface area contributed by atoms with Crippen LogP contribution in [0.4, 0.5) is 13.2 Å². The summed E-state index contributed by atoms with van der Waals surface area (Å²) in [5.74, 6) is -4.82. The second-order valence-electron chi connectivity index (χ2n) is 5.32. The number of halogens is 3. The molecule has 2 rings (SSSR count). The van der Waals surface area contributed by atoms with Crippen molar-refractivity contribution in [3.05, 3.63) is 65.0 Å². The Morgan fingerprint density at radius 1 is 1.04 bits per heavy atom. The fourth-order valence-corrected chi connectivity index (χ4v) is 3.58. The molecule has 0 aliphatic rings. The SMILES string of the molecule is CC(c1ccc(F)c(F)c1)N(C)S(=O)(=O)c1ccc(C(=O)O)cc1F. The summed E-state index contributed by atoms with van der Waals surface area (Å²) in [6.07, 6.45) is 0. The van der Waals surface area contributed by atoms with Crippen LogP contribution in [0.5, 0.6) is 0 Å². The van der Waals surface area contributed by atoms with Crippen molar-refractivity contribution in [2.24, 2.45) is 0 Å². The fraction of sp³-hybridized carbons (Fsp3) is 0.188. The number of hydrogen-bond donors (Lipinski definition) is 1. The van der Waals surface area contributed by atoms with Crippen molar-refractivity contribution in [3.8, 4) is 0 Å². The van der Waals surface area contributed by atoms with Crippen molar-refractivity contribution in [1.82, 2.24) is 4.31 Å². The average Bonchev–Trinajstić information content (AvgIpc) is 2.55. The van der Waals surface area contributed by atoms with Crippen LogP contribution in [-0.2, 0) is 10.0 Å². The highest BCUT2D eigenvalue weighted by atomic mass is 32.2. The van der Waals surface area contributed by atoms with Gasteiger partial charge in [0.25, 0.3) is 0 Å². The number of carbonyl (C=O) groups is 1. The Labute approximate surface area is 142 Å². The first-order valence-corrected chi connectivity index (χ1v) is 8.45. The molecule has 1 N–H and O–H groups in total. The van der Waals surface area contributed by atoms with Crippen LogP contribution in [0.25, 0.3) is 0 Å². The molecule has 1 atom stereocenters. The molecule has 0 bridgehead atoms. The van der Waals surface area contributed by atoms with Crippen molar-refractivity contribution < 1.29 is 31.5 Å². The molecule has 0 amide bonds. The molecule has 0 aromatic heterocycles. The summed E-state index contributed by atoms with van der Waals surface area (Å²) in [6.45, 7) is 1.42. The maximum absolute atomic E-state index is 14.1. The minimum Gasteiger partial charge on any atom is -0.478 e. The predicted molar refractivity (Wildman–Crippen MR) is 83.1 cm³/mol. The summed E-state index contributed by atoms with van der Waals surface area (Å²) in [4.78, 5) is 10.1. The van der Waals surface area contributed by atoms with E-state index in [0.29, 0.717) is 6.07 Å². The van der Waals surface area contributed by atoms with Gasteiger partial charge in [0.15, 0.2) is 11.6 Å². The topological polar surface area (TPSA) is 74.7 Å². The predicted octanol–water partition coefficient (Wildman–Crippen LogP) is 3.18. The van der Waals surface area contributed by atoms with Gasteiger partial charge in [-0.15, -0.1) is 0 Å². The first-order chi connectivity index (χ1) is 11.6. The van der Waals surface area contributed by atoms with Crippen LogP contribution < -0.4 is 0 Å². The van der Waals surface area contributed by atoms with Crippen LogP contribution in [0, 0.1) is 17.5 Å². The molecule has 9 heteroatoms. The zero-order valence-electron chi connectivity index (χ0n) is 13.2. The lowest BCUT2D eigenvalue weighted by Gasteiger charge is -2.25. The first kappa shape index (κ1) is 18.9. The zero-order valence-corrected chi connectivity index (χ0v) is 14.0. The molecule has 0 aliphatic heterocycles. The van der Waals surface area contributed by atoms with E-state index in [1.54, 1.807) is 0 Å². The Bertz CT molecular complexity index is 931. The van der Waals surface area contributed by atoms with Crippen LogP contribution in [0.15, 0.2) is 41.3 Å². The van der Waals surface area contributed by atoms with E-state index in [4.69, 9.17) is 5.11 Å². The third kappa shape index (κ3) is 3.67. The van der Waals surface area contributed by atoms with Crippen LogP contribution in [-0.4, -0.2) is 30.8 Å². The molecule has 2 aromatic carbocycles. The highest BCUT2D eigenvalue weighted by molar-refractivity contribution is 7.89. The quantitative estimate of drug-likeness (QED) is 0.874. The van der Waals surface area contributed by atoms with Gasteiger partial charge >= 0.3 is 5.97 Å². The second kappa shape index (κ2) is 6.85. The third-order valence-electron chi connectivity index (χ3n) is 3.81. The molecule has 0 radical (unpaired) electrons. The van der Waals surface area contributed by atoms with Gasteiger partial charge in [-0.25, -0.2) is 26.4 Å². The van der Waals surface area contributed by atoms with Crippen LogP contribution in [0.2, 0.25) is 0 Å². The molecule has 2 aromatic rings. The lowest BCUT2D eigenvalue weighted by atomic mass is 10.1. The number of rotatable bonds is 5. The maximum atomic E-state index is 14.1. The van der Waals surface area contributed by atoms with Gasteiger partial charge in [0, 0.05) is 13.1 Å². The van der Waals surface area contributed by atoms with Gasteiger partial charge in [-0.1, -0.05) is 6.07 Å². The van der Waals surface area contributed by atoms with E-state index in [0.717, 1.165) is 35.6 Å². The Morgan fingerprint density at radius 3 is 2.20 bits per heavy atom. The van der Waals surface area contributed by atoms with Gasteiger partial charge in [-0.05, 0) is 42.8 Å².